The number of hydrogen-bond donors (Lipinski definition) is 1. The van der Waals surface area contributed by atoms with E-state index in [1.165, 1.54) is 13.3 Å². The monoisotopic (exact) mass is 449 g/mol. The zero-order valence-electron chi connectivity index (χ0n) is 13.9. The first-order valence-electron chi connectivity index (χ1n) is 7.06. The Labute approximate surface area is 162 Å². The SMILES string of the molecule is CSc1c(OC(F)(F)C(F)C(F)(F)F)ccc(C(=O)Nc2nnnn2C)c1Cl. The van der Waals surface area contributed by atoms with Crippen LogP contribution in [0.1, 0.15) is 10.4 Å². The molecule has 0 saturated carbocycles. The van der Waals surface area contributed by atoms with Crippen molar-refractivity contribution in [3.8, 4) is 5.75 Å². The fourth-order valence-electron chi connectivity index (χ4n) is 1.88. The Hall–Kier alpha value is -2.22. The molecule has 0 aliphatic heterocycles. The Morgan fingerprint density at radius 2 is 1.96 bits per heavy atom. The summed E-state index contributed by atoms with van der Waals surface area (Å²) in [7, 11) is 1.43. The number of aromatic nitrogens is 4. The largest absolute Gasteiger partial charge is 0.439 e. The van der Waals surface area contributed by atoms with Gasteiger partial charge in [0.1, 0.15) is 5.75 Å². The molecular weight excluding hydrogens is 440 g/mol. The van der Waals surface area contributed by atoms with Gasteiger partial charge in [0.25, 0.3) is 12.1 Å². The van der Waals surface area contributed by atoms with Gasteiger partial charge in [0, 0.05) is 7.05 Å². The van der Waals surface area contributed by atoms with Gasteiger partial charge >= 0.3 is 12.3 Å². The van der Waals surface area contributed by atoms with Crippen molar-refractivity contribution >= 4 is 35.2 Å². The number of carbonyl (C=O) groups excluding carboxylic acids is 1. The first-order chi connectivity index (χ1) is 12.9. The molecule has 1 aromatic heterocycles. The Kier molecular flexibility index (Phi) is 6.33. The molecule has 0 spiro atoms. The minimum Gasteiger partial charge on any atom is -0.429 e. The average molecular weight is 450 g/mol. The number of thioether (sulfide) groups is 1. The van der Waals surface area contributed by atoms with E-state index < -0.39 is 35.1 Å². The molecule has 2 aromatic rings. The molecule has 1 aromatic carbocycles. The van der Waals surface area contributed by atoms with Crippen LogP contribution in [0.3, 0.4) is 0 Å². The van der Waals surface area contributed by atoms with Crippen molar-refractivity contribution in [2.45, 2.75) is 23.4 Å². The predicted molar refractivity (Wildman–Crippen MR) is 86.5 cm³/mol. The fourth-order valence-corrected chi connectivity index (χ4v) is 2.95. The summed E-state index contributed by atoms with van der Waals surface area (Å²) in [6.07, 6.45) is -14.3. The number of ether oxygens (including phenoxy) is 1. The molecule has 0 radical (unpaired) electrons. The molecule has 28 heavy (non-hydrogen) atoms. The molecule has 2 rings (SSSR count). The third-order valence-electron chi connectivity index (χ3n) is 3.18. The maximum Gasteiger partial charge on any atom is 0.439 e. The summed E-state index contributed by atoms with van der Waals surface area (Å²) < 4.78 is 81.9. The predicted octanol–water partition coefficient (Wildman–Crippen LogP) is 3.71. The van der Waals surface area contributed by atoms with E-state index in [1.54, 1.807) is 0 Å². The lowest BCUT2D eigenvalue weighted by Crippen LogP contribution is -2.45. The second-order valence-electron chi connectivity index (χ2n) is 5.11. The molecule has 0 aliphatic carbocycles. The molecule has 7 nitrogen and oxygen atoms in total. The zero-order chi connectivity index (χ0) is 21.3. The van der Waals surface area contributed by atoms with Gasteiger partial charge in [0.2, 0.25) is 5.95 Å². The van der Waals surface area contributed by atoms with Crippen molar-refractivity contribution in [3.05, 3.63) is 22.7 Å². The molecule has 0 bridgehead atoms. The first kappa shape index (κ1) is 22.1. The van der Waals surface area contributed by atoms with Crippen LogP contribution in [0.15, 0.2) is 17.0 Å². The van der Waals surface area contributed by atoms with E-state index in [0.29, 0.717) is 11.8 Å². The highest BCUT2D eigenvalue weighted by atomic mass is 35.5. The van der Waals surface area contributed by atoms with Gasteiger partial charge in [0.05, 0.1) is 15.5 Å². The Morgan fingerprint density at radius 3 is 2.46 bits per heavy atom. The Balaban J connectivity index is 2.33. The fraction of sp³-hybridized carbons (Fsp3) is 0.385. The number of carbonyl (C=O) groups is 1. The van der Waals surface area contributed by atoms with Crippen LogP contribution >= 0.6 is 23.4 Å². The Morgan fingerprint density at radius 1 is 1.32 bits per heavy atom. The number of rotatable bonds is 6. The average Bonchev–Trinajstić information content (AvgIpc) is 2.98. The quantitative estimate of drug-likeness (QED) is 0.535. The summed E-state index contributed by atoms with van der Waals surface area (Å²) >= 11 is 6.71. The highest BCUT2D eigenvalue weighted by Gasteiger charge is 2.59. The summed E-state index contributed by atoms with van der Waals surface area (Å²) in [5, 5.41) is 12.2. The first-order valence-corrected chi connectivity index (χ1v) is 8.66. The smallest absolute Gasteiger partial charge is 0.429 e. The molecule has 1 atom stereocenters. The van der Waals surface area contributed by atoms with Crippen molar-refractivity contribution in [1.29, 1.82) is 0 Å². The number of tetrazole rings is 1. The van der Waals surface area contributed by atoms with Crippen molar-refractivity contribution in [3.63, 3.8) is 0 Å². The van der Waals surface area contributed by atoms with Crippen LogP contribution in [-0.4, -0.2) is 50.8 Å². The zero-order valence-corrected chi connectivity index (χ0v) is 15.5. The number of anilines is 1. The van der Waals surface area contributed by atoms with E-state index in [1.807, 2.05) is 0 Å². The standard InChI is InChI=1S/C13H10ClF6N5O2S/c1-25-11(22-23-24-25)21-9(26)5-3-4-6(8(28-2)7(5)14)27-13(19,20)10(15)12(16,17)18/h3-4,10H,1-2H3,(H,21,22,24,26). The van der Waals surface area contributed by atoms with Crippen LogP contribution in [0.2, 0.25) is 5.02 Å². The number of alkyl halides is 6. The number of hydrogen-bond acceptors (Lipinski definition) is 6. The second-order valence-corrected chi connectivity index (χ2v) is 6.30. The van der Waals surface area contributed by atoms with E-state index in [0.717, 1.165) is 16.8 Å². The van der Waals surface area contributed by atoms with Gasteiger partial charge in [0.15, 0.2) is 0 Å². The molecule has 0 fully saturated rings. The maximum absolute atomic E-state index is 13.5. The van der Waals surface area contributed by atoms with Crippen LogP contribution in [0.4, 0.5) is 32.3 Å². The van der Waals surface area contributed by atoms with Gasteiger partial charge in [-0.2, -0.15) is 22.0 Å². The summed E-state index contributed by atoms with van der Waals surface area (Å²) in [5.74, 6) is -1.70. The molecular formula is C13H10ClF6N5O2S. The van der Waals surface area contributed by atoms with Gasteiger partial charge < -0.3 is 4.74 Å². The summed E-state index contributed by atoms with van der Waals surface area (Å²) in [5.41, 5.74) is -0.225. The number of aryl methyl sites for hydroxylation is 1. The lowest BCUT2D eigenvalue weighted by atomic mass is 10.2. The summed E-state index contributed by atoms with van der Waals surface area (Å²) in [4.78, 5) is 12.0. The minimum atomic E-state index is -5.84. The van der Waals surface area contributed by atoms with Crippen molar-refractivity contribution < 1.29 is 35.9 Å². The van der Waals surface area contributed by atoms with Gasteiger partial charge in [-0.15, -0.1) is 11.8 Å². The number of amides is 1. The Bertz CT molecular complexity index is 878. The van der Waals surface area contributed by atoms with Crippen molar-refractivity contribution in [1.82, 2.24) is 20.2 Å². The number of nitrogens with zero attached hydrogens (tertiary/aromatic N) is 4. The molecule has 1 amide bonds. The summed E-state index contributed by atoms with van der Waals surface area (Å²) in [6, 6.07) is 1.70. The molecule has 1 heterocycles. The van der Waals surface area contributed by atoms with E-state index in [4.69, 9.17) is 11.6 Å². The van der Waals surface area contributed by atoms with E-state index in [9.17, 15) is 31.1 Å². The van der Waals surface area contributed by atoms with E-state index >= 15 is 0 Å². The lowest BCUT2D eigenvalue weighted by Gasteiger charge is -2.24. The normalized spacial score (nSPS) is 13.3. The number of nitrogens with one attached hydrogen (secondary N) is 1. The van der Waals surface area contributed by atoms with E-state index in [2.05, 4.69) is 25.6 Å². The van der Waals surface area contributed by atoms with E-state index in [-0.39, 0.29) is 16.4 Å². The topological polar surface area (TPSA) is 81.9 Å². The van der Waals surface area contributed by atoms with Crippen LogP contribution in [0.5, 0.6) is 5.75 Å². The van der Waals surface area contributed by atoms with Gasteiger partial charge in [-0.25, -0.2) is 9.07 Å². The van der Waals surface area contributed by atoms with Gasteiger partial charge in [-0.05, 0) is 28.8 Å². The molecule has 15 heteroatoms. The van der Waals surface area contributed by atoms with Gasteiger partial charge in [-0.1, -0.05) is 16.7 Å². The van der Waals surface area contributed by atoms with Crippen LogP contribution < -0.4 is 10.1 Å². The molecule has 0 saturated heterocycles. The minimum absolute atomic E-state index is 0.0518. The molecule has 1 unspecified atom stereocenters. The van der Waals surface area contributed by atoms with Crippen LogP contribution in [-0.2, 0) is 7.05 Å². The van der Waals surface area contributed by atoms with Crippen LogP contribution in [0.25, 0.3) is 0 Å². The van der Waals surface area contributed by atoms with Crippen molar-refractivity contribution in [2.75, 3.05) is 11.6 Å². The summed E-state index contributed by atoms with van der Waals surface area (Å²) in [6.45, 7) is 0. The van der Waals surface area contributed by atoms with Gasteiger partial charge in [-0.3, -0.25) is 10.1 Å². The van der Waals surface area contributed by atoms with Crippen LogP contribution in [0, 0.1) is 0 Å². The molecule has 0 aliphatic rings. The maximum atomic E-state index is 13.5. The lowest BCUT2D eigenvalue weighted by molar-refractivity contribution is -0.305. The molecule has 154 valence electrons. The third-order valence-corrected chi connectivity index (χ3v) is 4.50. The third kappa shape index (κ3) is 4.60. The number of benzene rings is 1. The molecule has 1 N–H and O–H groups in total. The highest BCUT2D eigenvalue weighted by Crippen LogP contribution is 2.42. The van der Waals surface area contributed by atoms with Crippen molar-refractivity contribution in [2.24, 2.45) is 7.05 Å². The second kappa shape index (κ2) is 8.03. The highest BCUT2D eigenvalue weighted by molar-refractivity contribution is 7.98. The number of halogens is 7.